The Morgan fingerprint density at radius 1 is 0.971 bits per heavy atom. The highest BCUT2D eigenvalue weighted by Gasteiger charge is 2.36. The summed E-state index contributed by atoms with van der Waals surface area (Å²) in [4.78, 5) is 42.8. The highest BCUT2D eigenvalue weighted by Crippen LogP contribution is 2.34. The summed E-state index contributed by atoms with van der Waals surface area (Å²) in [6, 6.07) is 14.9. The summed E-state index contributed by atoms with van der Waals surface area (Å²) in [6.45, 7) is 4.90. The van der Waals surface area contributed by atoms with Crippen LogP contribution in [0.5, 0.6) is 5.75 Å². The van der Waals surface area contributed by atoms with Gasteiger partial charge in [-0.15, -0.1) is 0 Å². The number of fused-ring (bicyclic) bond motifs is 2. The van der Waals surface area contributed by atoms with E-state index in [4.69, 9.17) is 9.47 Å². The minimum atomic E-state index is -0.776. The average Bonchev–Trinajstić information content (AvgIpc) is 3.16. The molecule has 0 radical (unpaired) electrons. The fourth-order valence-corrected chi connectivity index (χ4v) is 4.72. The van der Waals surface area contributed by atoms with Gasteiger partial charge in [0.1, 0.15) is 5.75 Å². The molecule has 5 rings (SSSR count). The van der Waals surface area contributed by atoms with E-state index in [0.717, 1.165) is 11.0 Å². The largest absolute Gasteiger partial charge is 0.476 e. The molecule has 3 aromatic rings. The second-order valence-electron chi connectivity index (χ2n) is 8.43. The highest BCUT2D eigenvalue weighted by atomic mass is 16.5. The number of hydrogen-bond donors (Lipinski definition) is 0. The van der Waals surface area contributed by atoms with Gasteiger partial charge in [0.2, 0.25) is 5.91 Å². The Kier molecular flexibility index (Phi) is 6.10. The van der Waals surface area contributed by atoms with Crippen molar-refractivity contribution in [1.82, 2.24) is 14.0 Å². The monoisotopic (exact) mass is 464 g/mol. The Bertz CT molecular complexity index is 1270. The lowest BCUT2D eigenvalue weighted by molar-refractivity contribution is -0.142. The minimum Gasteiger partial charge on any atom is -0.476 e. The molecule has 9 heteroatoms. The number of aromatic nitrogens is 2. The van der Waals surface area contributed by atoms with Crippen LogP contribution in [0.3, 0.4) is 0 Å². The van der Waals surface area contributed by atoms with Gasteiger partial charge in [-0.2, -0.15) is 0 Å². The summed E-state index contributed by atoms with van der Waals surface area (Å²) >= 11 is 0. The molecule has 0 aliphatic carbocycles. The van der Waals surface area contributed by atoms with E-state index >= 15 is 0 Å². The van der Waals surface area contributed by atoms with E-state index in [-0.39, 0.29) is 37.0 Å². The molecule has 1 fully saturated rings. The standard InChI is InChI=1S/C25H28N4O5/c1-2-27-18-7-3-4-8-19(18)28(25(27)32)12-11-23(30)29-17-22(24(31)26-13-15-33-16-14-26)34-21-10-6-5-9-20(21)29/h3-10,22H,2,11-17H2,1H3. The third kappa shape index (κ3) is 3.96. The topological polar surface area (TPSA) is 86.0 Å². The van der Waals surface area contributed by atoms with Crippen LogP contribution in [0.2, 0.25) is 0 Å². The summed E-state index contributed by atoms with van der Waals surface area (Å²) in [5, 5.41) is 0. The lowest BCUT2D eigenvalue weighted by Gasteiger charge is -2.37. The van der Waals surface area contributed by atoms with Crippen LogP contribution >= 0.6 is 0 Å². The number of hydrogen-bond acceptors (Lipinski definition) is 5. The van der Waals surface area contributed by atoms with Gasteiger partial charge >= 0.3 is 5.69 Å². The van der Waals surface area contributed by atoms with E-state index in [0.29, 0.717) is 44.3 Å². The summed E-state index contributed by atoms with van der Waals surface area (Å²) in [5.41, 5.74) is 2.18. The molecule has 9 nitrogen and oxygen atoms in total. The zero-order valence-electron chi connectivity index (χ0n) is 19.2. The van der Waals surface area contributed by atoms with E-state index in [9.17, 15) is 14.4 Å². The van der Waals surface area contributed by atoms with Gasteiger partial charge in [0.25, 0.3) is 5.91 Å². The molecule has 0 bridgehead atoms. The Morgan fingerprint density at radius 2 is 1.65 bits per heavy atom. The van der Waals surface area contributed by atoms with Crippen LogP contribution < -0.4 is 15.3 Å². The number of carbonyl (C=O) groups is 2. The predicted molar refractivity (Wildman–Crippen MR) is 127 cm³/mol. The maximum Gasteiger partial charge on any atom is 0.329 e. The number of aryl methyl sites for hydroxylation is 2. The first kappa shape index (κ1) is 22.2. The van der Waals surface area contributed by atoms with Gasteiger partial charge in [-0.05, 0) is 31.2 Å². The maximum absolute atomic E-state index is 13.4. The number of carbonyl (C=O) groups excluding carboxylic acids is 2. The van der Waals surface area contributed by atoms with E-state index in [1.165, 1.54) is 0 Å². The van der Waals surface area contributed by atoms with Crippen molar-refractivity contribution in [2.75, 3.05) is 37.7 Å². The number of amides is 2. The molecule has 1 saturated heterocycles. The highest BCUT2D eigenvalue weighted by molar-refractivity contribution is 5.97. The van der Waals surface area contributed by atoms with Gasteiger partial charge in [0, 0.05) is 32.6 Å². The van der Waals surface area contributed by atoms with Crippen molar-refractivity contribution in [2.24, 2.45) is 0 Å². The number of ether oxygens (including phenoxy) is 2. The first-order chi connectivity index (χ1) is 16.6. The lowest BCUT2D eigenvalue weighted by atomic mass is 10.1. The molecule has 178 valence electrons. The zero-order valence-corrected chi connectivity index (χ0v) is 19.2. The summed E-state index contributed by atoms with van der Waals surface area (Å²) < 4.78 is 14.7. The number of morpholine rings is 1. The summed E-state index contributed by atoms with van der Waals surface area (Å²) in [5.74, 6) is 0.210. The SMILES string of the molecule is CCn1c(=O)n(CCC(=O)N2CC(C(=O)N3CCOCC3)Oc3ccccc32)c2ccccc21. The number of anilines is 1. The Labute approximate surface area is 197 Å². The molecule has 0 N–H and O–H groups in total. The molecule has 2 aromatic carbocycles. The molecule has 34 heavy (non-hydrogen) atoms. The van der Waals surface area contributed by atoms with Gasteiger partial charge in [-0.1, -0.05) is 24.3 Å². The predicted octanol–water partition coefficient (Wildman–Crippen LogP) is 1.87. The van der Waals surface area contributed by atoms with Crippen LogP contribution in [-0.4, -0.2) is 64.8 Å². The summed E-state index contributed by atoms with van der Waals surface area (Å²) in [7, 11) is 0. The fourth-order valence-electron chi connectivity index (χ4n) is 4.72. The van der Waals surface area contributed by atoms with Crippen molar-refractivity contribution in [3.05, 3.63) is 59.0 Å². The maximum atomic E-state index is 13.4. The molecular formula is C25H28N4O5. The Morgan fingerprint density at radius 3 is 2.38 bits per heavy atom. The minimum absolute atomic E-state index is 0.126. The van der Waals surface area contributed by atoms with Crippen LogP contribution in [0.15, 0.2) is 53.3 Å². The molecule has 2 aliphatic rings. The van der Waals surface area contributed by atoms with E-state index < -0.39 is 6.10 Å². The van der Waals surface area contributed by atoms with E-state index in [1.807, 2.05) is 49.4 Å². The number of nitrogens with zero attached hydrogens (tertiary/aromatic N) is 4. The van der Waals surface area contributed by atoms with Gasteiger partial charge in [0.05, 0.1) is 36.5 Å². The van der Waals surface area contributed by atoms with Crippen molar-refractivity contribution in [3.8, 4) is 5.75 Å². The molecule has 2 amide bonds. The first-order valence-corrected chi connectivity index (χ1v) is 11.7. The molecule has 1 unspecified atom stereocenters. The van der Waals surface area contributed by atoms with Crippen molar-refractivity contribution in [3.63, 3.8) is 0 Å². The van der Waals surface area contributed by atoms with Crippen molar-refractivity contribution in [2.45, 2.75) is 32.5 Å². The molecule has 0 spiro atoms. The van der Waals surface area contributed by atoms with Crippen molar-refractivity contribution >= 4 is 28.5 Å². The first-order valence-electron chi connectivity index (χ1n) is 11.7. The molecule has 2 aliphatic heterocycles. The normalized spacial score (nSPS) is 18.0. The molecular weight excluding hydrogens is 436 g/mol. The third-order valence-electron chi connectivity index (χ3n) is 6.46. The fraction of sp³-hybridized carbons (Fsp3) is 0.400. The number of benzene rings is 2. The van der Waals surface area contributed by atoms with Crippen LogP contribution in [0, 0.1) is 0 Å². The van der Waals surface area contributed by atoms with Gasteiger partial charge in [-0.3, -0.25) is 18.7 Å². The Hall–Kier alpha value is -3.59. The van der Waals surface area contributed by atoms with Crippen molar-refractivity contribution < 1.29 is 19.1 Å². The quantitative estimate of drug-likeness (QED) is 0.576. The molecule has 3 heterocycles. The third-order valence-corrected chi connectivity index (χ3v) is 6.46. The zero-order chi connectivity index (χ0) is 23.7. The average molecular weight is 465 g/mol. The smallest absolute Gasteiger partial charge is 0.329 e. The van der Waals surface area contributed by atoms with Gasteiger partial charge in [0.15, 0.2) is 6.10 Å². The number of rotatable bonds is 5. The van der Waals surface area contributed by atoms with Gasteiger partial charge in [-0.25, -0.2) is 4.79 Å². The van der Waals surface area contributed by atoms with Gasteiger partial charge < -0.3 is 19.3 Å². The van der Waals surface area contributed by atoms with E-state index in [2.05, 4.69) is 0 Å². The van der Waals surface area contributed by atoms with E-state index in [1.54, 1.807) is 25.0 Å². The Balaban J connectivity index is 1.38. The van der Waals surface area contributed by atoms with Crippen LogP contribution in [0.25, 0.3) is 11.0 Å². The van der Waals surface area contributed by atoms with Crippen molar-refractivity contribution in [1.29, 1.82) is 0 Å². The van der Waals surface area contributed by atoms with Crippen LogP contribution in [0.1, 0.15) is 13.3 Å². The number of imidazole rings is 1. The molecule has 1 aromatic heterocycles. The van der Waals surface area contributed by atoms with Crippen LogP contribution in [-0.2, 0) is 27.4 Å². The molecule has 1 atom stereocenters. The second kappa shape index (κ2) is 9.34. The number of para-hydroxylation sites is 4. The lowest BCUT2D eigenvalue weighted by Crippen LogP contribution is -2.54. The summed E-state index contributed by atoms with van der Waals surface area (Å²) in [6.07, 6.45) is -0.647. The molecule has 0 saturated carbocycles. The second-order valence-corrected chi connectivity index (χ2v) is 8.43. The van der Waals surface area contributed by atoms with Crippen LogP contribution in [0.4, 0.5) is 5.69 Å².